The first-order valence-electron chi connectivity index (χ1n) is 12.9. The molecule has 14 heteroatoms. The summed E-state index contributed by atoms with van der Waals surface area (Å²) in [6.45, 7) is 13.0. The topological polar surface area (TPSA) is 147 Å². The minimum Gasteiger partial charge on any atom is -0.379 e. The minimum atomic E-state index is -3.92. The van der Waals surface area contributed by atoms with Crippen molar-refractivity contribution in [1.29, 1.82) is 0 Å². The Labute approximate surface area is 227 Å². The molecule has 13 nitrogen and oxygen atoms in total. The fourth-order valence-electron chi connectivity index (χ4n) is 2.49. The molecule has 0 fully saturated rings. The van der Waals surface area contributed by atoms with Gasteiger partial charge in [-0.15, -0.1) is 6.58 Å². The Kier molecular flexibility index (Phi) is 30.2. The monoisotopic (exact) mass is 576 g/mol. The van der Waals surface area contributed by atoms with Gasteiger partial charge < -0.3 is 47.4 Å². The average molecular weight is 577 g/mol. The summed E-state index contributed by atoms with van der Waals surface area (Å²) in [5.41, 5.74) is 0. The summed E-state index contributed by atoms with van der Waals surface area (Å²) in [4.78, 5) is 0. The first kappa shape index (κ1) is 37.2. The molecule has 0 aromatic heterocycles. The largest absolute Gasteiger partial charge is 0.379 e. The molecule has 0 aromatic carbocycles. The standard InChI is InChI=1S/C24H48O13S/c1-2-4-28-6-8-30-10-12-32-14-16-34-18-20-36-22-23-37-21-19-35-17-15-33-13-11-31-9-7-29-5-3-24-38(25,26)27/h2H,1,3-24H2,(H,25,26,27). The van der Waals surface area contributed by atoms with Gasteiger partial charge in [0.25, 0.3) is 10.1 Å². The quantitative estimate of drug-likeness (QED) is 0.0662. The van der Waals surface area contributed by atoms with Gasteiger partial charge >= 0.3 is 0 Å². The molecule has 0 spiro atoms. The zero-order chi connectivity index (χ0) is 27.8. The summed E-state index contributed by atoms with van der Waals surface area (Å²) in [5.74, 6) is -0.301. The van der Waals surface area contributed by atoms with Gasteiger partial charge in [-0.2, -0.15) is 8.42 Å². The minimum absolute atomic E-state index is 0.250. The highest BCUT2D eigenvalue weighted by atomic mass is 32.2. The van der Waals surface area contributed by atoms with Crippen LogP contribution in [0.5, 0.6) is 0 Å². The van der Waals surface area contributed by atoms with E-state index in [-0.39, 0.29) is 18.8 Å². The zero-order valence-electron chi connectivity index (χ0n) is 22.6. The van der Waals surface area contributed by atoms with Crippen molar-refractivity contribution in [3.8, 4) is 0 Å². The predicted molar refractivity (Wildman–Crippen MR) is 139 cm³/mol. The summed E-state index contributed by atoms with van der Waals surface area (Å²) in [6, 6.07) is 0. The maximum Gasteiger partial charge on any atom is 0.264 e. The van der Waals surface area contributed by atoms with Crippen molar-refractivity contribution >= 4 is 10.1 Å². The van der Waals surface area contributed by atoms with Gasteiger partial charge in [-0.1, -0.05) is 6.08 Å². The molecule has 0 aliphatic heterocycles. The Bertz CT molecular complexity index is 578. The molecule has 0 radical (unpaired) electrons. The lowest BCUT2D eigenvalue weighted by molar-refractivity contribution is -0.0261. The van der Waals surface area contributed by atoms with Crippen molar-refractivity contribution in [3.63, 3.8) is 0 Å². The highest BCUT2D eigenvalue weighted by Crippen LogP contribution is 1.90. The predicted octanol–water partition coefficient (Wildman–Crippen LogP) is 0.616. The van der Waals surface area contributed by atoms with E-state index in [0.717, 1.165) is 0 Å². The van der Waals surface area contributed by atoms with Crippen LogP contribution in [0.25, 0.3) is 0 Å². The molecule has 228 valence electrons. The molecule has 38 heavy (non-hydrogen) atoms. The number of ether oxygens (including phenoxy) is 10. The number of hydrogen-bond donors (Lipinski definition) is 1. The van der Waals surface area contributed by atoms with Crippen LogP contribution >= 0.6 is 0 Å². The first-order chi connectivity index (χ1) is 18.6. The highest BCUT2D eigenvalue weighted by molar-refractivity contribution is 7.85. The van der Waals surface area contributed by atoms with Crippen molar-refractivity contribution < 1.29 is 60.3 Å². The fraction of sp³-hybridized carbons (Fsp3) is 0.917. The van der Waals surface area contributed by atoms with Crippen LogP contribution in [0.15, 0.2) is 12.7 Å². The van der Waals surface area contributed by atoms with Gasteiger partial charge in [0.1, 0.15) is 0 Å². The van der Waals surface area contributed by atoms with E-state index >= 15 is 0 Å². The van der Waals surface area contributed by atoms with Crippen molar-refractivity contribution in [2.24, 2.45) is 0 Å². The summed E-state index contributed by atoms with van der Waals surface area (Å²) in [7, 11) is -3.92. The maximum absolute atomic E-state index is 10.5. The van der Waals surface area contributed by atoms with Crippen LogP contribution in [0.3, 0.4) is 0 Å². The van der Waals surface area contributed by atoms with E-state index in [1.165, 1.54) is 0 Å². The van der Waals surface area contributed by atoms with Gasteiger partial charge in [0.2, 0.25) is 0 Å². The molecule has 0 aliphatic carbocycles. The number of rotatable bonds is 33. The van der Waals surface area contributed by atoms with Gasteiger partial charge in [-0.3, -0.25) is 4.55 Å². The second-order valence-corrected chi connectivity index (χ2v) is 9.09. The SMILES string of the molecule is C=CCOCCOCCOCCOCCOCCOCCOCCOCCOCCOCCCS(=O)(=O)O. The Balaban J connectivity index is 3.05. The van der Waals surface area contributed by atoms with E-state index in [9.17, 15) is 8.42 Å². The molecule has 0 amide bonds. The van der Waals surface area contributed by atoms with Crippen molar-refractivity contribution in [2.75, 3.05) is 138 Å². The van der Waals surface area contributed by atoms with E-state index in [2.05, 4.69) is 6.58 Å². The Morgan fingerprint density at radius 3 is 0.921 bits per heavy atom. The Morgan fingerprint density at radius 2 is 0.684 bits per heavy atom. The van der Waals surface area contributed by atoms with E-state index in [4.69, 9.17) is 51.9 Å². The van der Waals surface area contributed by atoms with Crippen LogP contribution in [-0.4, -0.2) is 151 Å². The van der Waals surface area contributed by atoms with Crippen LogP contribution < -0.4 is 0 Å². The van der Waals surface area contributed by atoms with E-state index in [0.29, 0.717) is 126 Å². The number of hydrogen-bond acceptors (Lipinski definition) is 12. The Hall–Kier alpha value is -0.750. The van der Waals surface area contributed by atoms with Crippen LogP contribution in [0.2, 0.25) is 0 Å². The normalized spacial score (nSPS) is 11.8. The second kappa shape index (κ2) is 30.8. The molecule has 0 rings (SSSR count). The van der Waals surface area contributed by atoms with Gasteiger partial charge in [0.15, 0.2) is 0 Å². The highest BCUT2D eigenvalue weighted by Gasteiger charge is 2.03. The summed E-state index contributed by atoms with van der Waals surface area (Å²) in [5, 5.41) is 0. The van der Waals surface area contributed by atoms with Gasteiger partial charge in [-0.25, -0.2) is 0 Å². The van der Waals surface area contributed by atoms with E-state index in [1.807, 2.05) is 0 Å². The molecule has 0 unspecified atom stereocenters. The molecular formula is C24H48O13S. The summed E-state index contributed by atoms with van der Waals surface area (Å²) >= 11 is 0. The molecular weight excluding hydrogens is 528 g/mol. The van der Waals surface area contributed by atoms with Gasteiger partial charge in [-0.05, 0) is 6.42 Å². The van der Waals surface area contributed by atoms with Crippen LogP contribution in [-0.2, 0) is 57.5 Å². The molecule has 0 saturated carbocycles. The molecule has 0 heterocycles. The second-order valence-electron chi connectivity index (χ2n) is 7.51. The third kappa shape index (κ3) is 35.2. The zero-order valence-corrected chi connectivity index (χ0v) is 23.4. The molecule has 0 atom stereocenters. The Morgan fingerprint density at radius 1 is 0.447 bits per heavy atom. The smallest absolute Gasteiger partial charge is 0.264 e. The lowest BCUT2D eigenvalue weighted by Gasteiger charge is -2.09. The van der Waals surface area contributed by atoms with E-state index < -0.39 is 10.1 Å². The van der Waals surface area contributed by atoms with Crippen LogP contribution in [0.4, 0.5) is 0 Å². The molecule has 0 aliphatic rings. The maximum atomic E-state index is 10.5. The molecule has 0 bridgehead atoms. The molecule has 1 N–H and O–H groups in total. The third-order valence-corrected chi connectivity index (χ3v) is 5.08. The van der Waals surface area contributed by atoms with Crippen molar-refractivity contribution in [3.05, 3.63) is 12.7 Å². The van der Waals surface area contributed by atoms with E-state index in [1.54, 1.807) is 6.08 Å². The molecule has 0 saturated heterocycles. The van der Waals surface area contributed by atoms with Crippen LogP contribution in [0, 0.1) is 0 Å². The summed E-state index contributed by atoms with van der Waals surface area (Å²) < 4.78 is 83.2. The van der Waals surface area contributed by atoms with Crippen molar-refractivity contribution in [2.45, 2.75) is 6.42 Å². The van der Waals surface area contributed by atoms with Crippen LogP contribution in [0.1, 0.15) is 6.42 Å². The van der Waals surface area contributed by atoms with Gasteiger partial charge in [0.05, 0.1) is 131 Å². The third-order valence-electron chi connectivity index (χ3n) is 4.27. The first-order valence-corrected chi connectivity index (χ1v) is 14.5. The fourth-order valence-corrected chi connectivity index (χ4v) is 2.97. The lowest BCUT2D eigenvalue weighted by atomic mass is 10.5. The lowest BCUT2D eigenvalue weighted by Crippen LogP contribution is -2.15. The van der Waals surface area contributed by atoms with Gasteiger partial charge in [0, 0.05) is 6.61 Å². The average Bonchev–Trinajstić information content (AvgIpc) is 2.88. The molecule has 0 aromatic rings. The summed E-state index contributed by atoms with van der Waals surface area (Å²) in [6.07, 6.45) is 1.95. The van der Waals surface area contributed by atoms with Crippen molar-refractivity contribution in [1.82, 2.24) is 0 Å².